The molecule has 26 nitrogen and oxygen atoms in total. The van der Waals surface area contributed by atoms with Crippen molar-refractivity contribution in [1.29, 1.82) is 0 Å². The van der Waals surface area contributed by atoms with Crippen molar-refractivity contribution in [2.75, 3.05) is 33.0 Å². The highest BCUT2D eigenvalue weighted by Gasteiger charge is 2.70. The Morgan fingerprint density at radius 1 is 0.529 bits per heavy atom. The summed E-state index contributed by atoms with van der Waals surface area (Å²) in [6, 6.07) is 0. The van der Waals surface area contributed by atoms with Crippen LogP contribution in [0.25, 0.3) is 0 Å². The third kappa shape index (κ3) is 12.5. The summed E-state index contributed by atoms with van der Waals surface area (Å²) in [6.07, 6.45) is -29.4. The number of fused-ring (bicyclic) bond motifs is 5. The van der Waals surface area contributed by atoms with Crippen molar-refractivity contribution in [2.45, 2.75) is 279 Å². The van der Waals surface area contributed by atoms with E-state index in [2.05, 4.69) is 40.7 Å². The first kappa shape index (κ1) is 68.1. The van der Waals surface area contributed by atoms with Crippen LogP contribution in [0.3, 0.4) is 0 Å². The first-order chi connectivity index (χ1) is 39.9. The fraction of sp³-hybridized carbons (Fsp3) is 0.966. The molecule has 0 aromatic heterocycles. The van der Waals surface area contributed by atoms with Gasteiger partial charge < -0.3 is 129 Å². The summed E-state index contributed by atoms with van der Waals surface area (Å²) in [4.78, 5) is 0. The van der Waals surface area contributed by atoms with Crippen molar-refractivity contribution in [3.8, 4) is 0 Å². The summed E-state index contributed by atoms with van der Waals surface area (Å²) >= 11 is 0. The maximum Gasteiger partial charge on any atom is 0.187 e. The van der Waals surface area contributed by atoms with Crippen molar-refractivity contribution in [1.82, 2.24) is 0 Å². The molecule has 9 aliphatic rings. The van der Waals surface area contributed by atoms with Crippen molar-refractivity contribution in [3.05, 3.63) is 11.6 Å². The number of aliphatic hydroxyl groups excluding tert-OH is 15. The van der Waals surface area contributed by atoms with Gasteiger partial charge in [-0.25, -0.2) is 0 Å². The smallest absolute Gasteiger partial charge is 0.187 e. The van der Waals surface area contributed by atoms with E-state index in [-0.39, 0.29) is 46.5 Å². The largest absolute Gasteiger partial charge is 0.394 e. The Morgan fingerprint density at radius 3 is 1.75 bits per heavy atom. The second-order valence-corrected chi connectivity index (χ2v) is 27.9. The molecule has 4 saturated carbocycles. The Labute approximate surface area is 496 Å². The molecule has 9 fully saturated rings. The Hall–Kier alpha value is -1.30. The number of aliphatic hydroxyl groups is 16. The summed E-state index contributed by atoms with van der Waals surface area (Å²) in [5.41, 5.74) is -1.63. The van der Waals surface area contributed by atoms with Crippen LogP contribution in [0.2, 0.25) is 0 Å². The van der Waals surface area contributed by atoms with Crippen LogP contribution in [0.5, 0.6) is 0 Å². The second kappa shape index (κ2) is 26.4. The lowest BCUT2D eigenvalue weighted by molar-refractivity contribution is -0.395. The quantitative estimate of drug-likeness (QED) is 0.0490. The molecule has 9 rings (SSSR count). The van der Waals surface area contributed by atoms with E-state index in [0.29, 0.717) is 25.7 Å². The van der Waals surface area contributed by atoms with Gasteiger partial charge in [0.1, 0.15) is 110 Å². The highest BCUT2D eigenvalue weighted by molar-refractivity contribution is 5.19. The molecule has 0 bridgehead atoms. The summed E-state index contributed by atoms with van der Waals surface area (Å²) in [7, 11) is 0. The minimum Gasteiger partial charge on any atom is -0.394 e. The molecule has 4 aliphatic carbocycles. The zero-order valence-corrected chi connectivity index (χ0v) is 50.2. The highest BCUT2D eigenvalue weighted by atomic mass is 16.8. The lowest BCUT2D eigenvalue weighted by Crippen LogP contribution is -2.67. The average molecular weight is 1230 g/mol. The van der Waals surface area contributed by atoms with E-state index in [4.69, 9.17) is 47.4 Å². The summed E-state index contributed by atoms with van der Waals surface area (Å²) in [5, 5.41) is 174. The molecule has 33 atom stereocenters. The van der Waals surface area contributed by atoms with Gasteiger partial charge in [0.25, 0.3) is 0 Å². The lowest BCUT2D eigenvalue weighted by Gasteiger charge is -2.70. The predicted molar refractivity (Wildman–Crippen MR) is 291 cm³/mol. The van der Waals surface area contributed by atoms with Gasteiger partial charge in [0.05, 0.1) is 50.8 Å². The number of ether oxygens (including phenoxy) is 10. The van der Waals surface area contributed by atoms with Crippen molar-refractivity contribution >= 4 is 0 Å². The highest BCUT2D eigenvalue weighted by Crippen LogP contribution is 2.76. The van der Waals surface area contributed by atoms with Gasteiger partial charge in [0.2, 0.25) is 0 Å². The maximum absolute atomic E-state index is 13.2. The number of hydrogen-bond donors (Lipinski definition) is 16. The van der Waals surface area contributed by atoms with Crippen LogP contribution in [0.1, 0.15) is 120 Å². The third-order valence-corrected chi connectivity index (χ3v) is 22.5. The SMILES string of the molecule is CC(C)=CCC[C@@](O)(CO[C@@H]1O[C@H](CO[C@@H]2O[C@H](CO)[C@@H](O)[C@H](O)[C@H]2O)[C@@H](O)[C@H](O)[C@H]1O)[C@H]1CC[C@]2(C)[C@@H]1CC[C@@H]1[C@@]3(C)CC[C@H](O[C@@H]4O[C@H](CO)[C@@H](O)[C@H](O[C@@H]5OC[C@@H](O)[C@H](O)[C@H]5O)[C@H]4O[C@@H]4O[C@@H](C)[C@H](O)[C@@H](O)[C@H]4O)C(C)(C)[C@@H]3CC[C@]12C. The minimum atomic E-state index is -1.80. The second-order valence-electron chi connectivity index (χ2n) is 27.9. The number of hydrogen-bond acceptors (Lipinski definition) is 26. The topological polar surface area (TPSA) is 416 Å². The molecule has 5 aliphatic heterocycles. The molecule has 0 spiro atoms. The van der Waals surface area contributed by atoms with E-state index in [1.54, 1.807) is 0 Å². The van der Waals surface area contributed by atoms with Crippen LogP contribution in [0, 0.1) is 45.3 Å². The molecular formula is C59H100O26. The van der Waals surface area contributed by atoms with Gasteiger partial charge in [0, 0.05) is 0 Å². The molecule has 0 amide bonds. The van der Waals surface area contributed by atoms with Crippen LogP contribution in [0.15, 0.2) is 11.6 Å². The molecule has 5 heterocycles. The zero-order valence-electron chi connectivity index (χ0n) is 50.2. The maximum atomic E-state index is 13.2. The number of allylic oxidation sites excluding steroid dienone is 2. The summed E-state index contributed by atoms with van der Waals surface area (Å²) in [5.74, 6) is 0.103. The fourth-order valence-corrected chi connectivity index (χ4v) is 17.3. The van der Waals surface area contributed by atoms with Gasteiger partial charge >= 0.3 is 0 Å². The normalized spacial score (nSPS) is 52.5. The van der Waals surface area contributed by atoms with Crippen molar-refractivity contribution in [3.63, 3.8) is 0 Å². The van der Waals surface area contributed by atoms with E-state index in [1.165, 1.54) is 6.92 Å². The van der Waals surface area contributed by atoms with E-state index < -0.39 is 191 Å². The van der Waals surface area contributed by atoms with Gasteiger partial charge in [-0.2, -0.15) is 0 Å². The van der Waals surface area contributed by atoms with Gasteiger partial charge in [0.15, 0.2) is 31.5 Å². The molecule has 85 heavy (non-hydrogen) atoms. The Balaban J connectivity index is 0.919. The van der Waals surface area contributed by atoms with Crippen LogP contribution < -0.4 is 0 Å². The molecule has 0 aromatic rings. The van der Waals surface area contributed by atoms with Crippen LogP contribution >= 0.6 is 0 Å². The zero-order chi connectivity index (χ0) is 62.2. The van der Waals surface area contributed by atoms with Crippen molar-refractivity contribution < 1.29 is 129 Å². The first-order valence-corrected chi connectivity index (χ1v) is 30.7. The van der Waals surface area contributed by atoms with E-state index >= 15 is 0 Å². The lowest BCUT2D eigenvalue weighted by atomic mass is 9.35. The van der Waals surface area contributed by atoms with E-state index in [0.717, 1.165) is 44.1 Å². The molecule has 0 unspecified atom stereocenters. The van der Waals surface area contributed by atoms with Gasteiger partial charge in [-0.3, -0.25) is 0 Å². The summed E-state index contributed by atoms with van der Waals surface area (Å²) in [6.45, 7) is 14.3. The minimum absolute atomic E-state index is 0.0454. The Morgan fingerprint density at radius 2 is 1.09 bits per heavy atom. The Kier molecular flexibility index (Phi) is 21.1. The molecule has 492 valence electrons. The monoisotopic (exact) mass is 1220 g/mol. The van der Waals surface area contributed by atoms with Crippen LogP contribution in [0.4, 0.5) is 0 Å². The average Bonchev–Trinajstić information content (AvgIpc) is 1.72. The number of rotatable bonds is 18. The van der Waals surface area contributed by atoms with E-state index in [9.17, 15) is 81.7 Å². The van der Waals surface area contributed by atoms with Crippen molar-refractivity contribution in [2.24, 2.45) is 45.3 Å². The summed E-state index contributed by atoms with van der Waals surface area (Å²) < 4.78 is 60.8. The third-order valence-electron chi connectivity index (χ3n) is 22.5. The standard InChI is InChI=1S/C59H100O26/c1-25(2)10-9-16-59(75,24-78-52-46(73)43(70)39(66)32(82-52)23-77-50-45(72)42(69)38(65)30(20-60)80-50)28-13-18-57(7)27(28)11-12-34-56(6)17-15-35(55(4,5)33(56)14-19-58(34,57)8)83-54-49(85-53-47(74)41(68)36(63)26(3)79-53)48(40(67)31(21-61)81-54)84-51-44(71)37(64)29(62)22-76-51/h10,26-54,60-75H,9,11-24H2,1-8H3/t26-,27+,28-,29+,30+,31+,32+,33-,34+,35-,36-,37-,38+,39+,40+,41+,42-,43-,44+,45+,46+,47+,48-,49+,50+,51-,52+,53-,54-,56-,57+,58+,59+/m0/s1. The molecular weight excluding hydrogens is 1120 g/mol. The van der Waals surface area contributed by atoms with Gasteiger partial charge in [-0.15, -0.1) is 0 Å². The predicted octanol–water partition coefficient (Wildman–Crippen LogP) is -2.71. The molecule has 26 heteroatoms. The molecule has 16 N–H and O–H groups in total. The molecule has 0 aromatic carbocycles. The first-order valence-electron chi connectivity index (χ1n) is 30.7. The van der Waals surface area contributed by atoms with Crippen LogP contribution in [-0.2, 0) is 47.4 Å². The van der Waals surface area contributed by atoms with E-state index in [1.807, 2.05) is 13.8 Å². The Bertz CT molecular complexity index is 2230. The van der Waals surface area contributed by atoms with Gasteiger partial charge in [-0.1, -0.05) is 46.3 Å². The molecule has 0 radical (unpaired) electrons. The van der Waals surface area contributed by atoms with Gasteiger partial charge in [-0.05, 0) is 130 Å². The molecule has 5 saturated heterocycles. The van der Waals surface area contributed by atoms with Crippen LogP contribution in [-0.4, -0.2) is 274 Å². The fourth-order valence-electron chi connectivity index (χ4n) is 17.3.